The highest BCUT2D eigenvalue weighted by Crippen LogP contribution is 2.30. The van der Waals surface area contributed by atoms with Crippen molar-refractivity contribution >= 4 is 27.8 Å². The average molecular weight is 367 g/mol. The van der Waals surface area contributed by atoms with Gasteiger partial charge in [-0.2, -0.15) is 0 Å². The van der Waals surface area contributed by atoms with E-state index in [9.17, 15) is 22.5 Å². The first-order valence-electron chi connectivity index (χ1n) is 7.92. The topological polar surface area (TPSA) is 95.9 Å². The molecule has 0 aromatic heterocycles. The van der Waals surface area contributed by atoms with Gasteiger partial charge >= 0.3 is 0 Å². The highest BCUT2D eigenvalue weighted by molar-refractivity contribution is 7.88. The van der Waals surface area contributed by atoms with Gasteiger partial charge in [0.1, 0.15) is 6.04 Å². The Labute approximate surface area is 145 Å². The number of halogens is 1. The van der Waals surface area contributed by atoms with Crippen molar-refractivity contribution in [1.82, 2.24) is 10.2 Å². The Hall–Kier alpha value is -2.29. The molecule has 3 rings (SSSR count). The number of amides is 3. The van der Waals surface area contributed by atoms with Crippen molar-refractivity contribution < 1.29 is 22.5 Å². The van der Waals surface area contributed by atoms with Crippen LogP contribution in [0.1, 0.15) is 42.6 Å². The molecule has 1 fully saturated rings. The fraction of sp³-hybridized carbons (Fsp3) is 0.438. The first-order valence-corrected chi connectivity index (χ1v) is 9.34. The van der Waals surface area contributed by atoms with Gasteiger partial charge in [-0.1, -0.05) is 6.07 Å². The van der Waals surface area contributed by atoms with E-state index >= 15 is 0 Å². The largest absolute Gasteiger partial charge is 0.322 e. The summed E-state index contributed by atoms with van der Waals surface area (Å²) in [7, 11) is -4.08. The molecule has 1 aromatic rings. The van der Waals surface area contributed by atoms with E-state index < -0.39 is 34.0 Å². The van der Waals surface area contributed by atoms with Crippen LogP contribution in [-0.4, -0.2) is 38.9 Å². The van der Waals surface area contributed by atoms with E-state index in [1.807, 2.05) is 0 Å². The molecule has 9 heteroatoms. The smallest absolute Gasteiger partial charge is 0.255 e. The van der Waals surface area contributed by atoms with Gasteiger partial charge in [-0.05, 0) is 38.0 Å². The maximum Gasteiger partial charge on any atom is 0.255 e. The van der Waals surface area contributed by atoms with Gasteiger partial charge in [0.05, 0.1) is 10.9 Å². The molecule has 1 aromatic carbocycles. The second kappa shape index (κ2) is 6.21. The summed E-state index contributed by atoms with van der Waals surface area (Å²) in [5.74, 6) is -1.31. The summed E-state index contributed by atoms with van der Waals surface area (Å²) in [5.41, 5.74) is 0.838. The molecule has 7 nitrogen and oxygen atoms in total. The van der Waals surface area contributed by atoms with E-state index in [4.69, 9.17) is 0 Å². The van der Waals surface area contributed by atoms with Crippen LogP contribution in [-0.2, 0) is 26.2 Å². The minimum atomic E-state index is -4.08. The zero-order valence-corrected chi connectivity index (χ0v) is 14.6. The third-order valence-electron chi connectivity index (χ3n) is 4.14. The molecule has 2 unspecified atom stereocenters. The Morgan fingerprint density at radius 2 is 2.04 bits per heavy atom. The van der Waals surface area contributed by atoms with Gasteiger partial charge in [0, 0.05) is 18.5 Å². The number of rotatable bonds is 3. The number of imide groups is 1. The lowest BCUT2D eigenvalue weighted by molar-refractivity contribution is -0.136. The zero-order valence-electron chi connectivity index (χ0n) is 13.8. The Kier molecular flexibility index (Phi) is 4.36. The van der Waals surface area contributed by atoms with Crippen LogP contribution in [0.15, 0.2) is 27.5 Å². The third-order valence-corrected chi connectivity index (χ3v) is 5.66. The lowest BCUT2D eigenvalue weighted by Crippen LogP contribution is -2.52. The van der Waals surface area contributed by atoms with Gasteiger partial charge in [0.25, 0.3) is 5.91 Å². The lowest BCUT2D eigenvalue weighted by atomic mass is 10.0. The van der Waals surface area contributed by atoms with Gasteiger partial charge in [0.2, 0.25) is 21.9 Å². The Morgan fingerprint density at radius 3 is 2.68 bits per heavy atom. The SMILES string of the molecule is CC(C)N=S(=O)(F)c1ccc2c(c1)C(=O)N(C1CCC(=O)NC1=O)C2. The first-order chi connectivity index (χ1) is 11.7. The molecular weight excluding hydrogens is 349 g/mol. The zero-order chi connectivity index (χ0) is 18.4. The molecule has 3 amide bonds. The molecule has 25 heavy (non-hydrogen) atoms. The number of carbonyl (C=O) groups excluding carboxylic acids is 3. The van der Waals surface area contributed by atoms with Crippen molar-refractivity contribution in [3.8, 4) is 0 Å². The van der Waals surface area contributed by atoms with Crippen LogP contribution >= 0.6 is 0 Å². The number of fused-ring (bicyclic) bond motifs is 1. The van der Waals surface area contributed by atoms with Gasteiger partial charge in [0.15, 0.2) is 0 Å². The van der Waals surface area contributed by atoms with Gasteiger partial charge in [-0.3, -0.25) is 19.7 Å². The second-order valence-corrected chi connectivity index (χ2v) is 7.98. The second-order valence-electron chi connectivity index (χ2n) is 6.38. The predicted molar refractivity (Wildman–Crippen MR) is 87.6 cm³/mol. The summed E-state index contributed by atoms with van der Waals surface area (Å²) >= 11 is 0. The van der Waals surface area contributed by atoms with Crippen LogP contribution in [0.5, 0.6) is 0 Å². The number of hydrogen-bond donors (Lipinski definition) is 1. The maximum atomic E-state index is 14.4. The van der Waals surface area contributed by atoms with Crippen LogP contribution in [0.2, 0.25) is 0 Å². The van der Waals surface area contributed by atoms with E-state index in [1.54, 1.807) is 13.8 Å². The molecule has 2 aliphatic heterocycles. The summed E-state index contributed by atoms with van der Waals surface area (Å²) in [6.07, 6.45) is 0.410. The van der Waals surface area contributed by atoms with E-state index in [1.165, 1.54) is 23.1 Å². The van der Waals surface area contributed by atoms with Crippen LogP contribution < -0.4 is 5.32 Å². The summed E-state index contributed by atoms with van der Waals surface area (Å²) in [4.78, 5) is 37.1. The monoisotopic (exact) mass is 367 g/mol. The van der Waals surface area contributed by atoms with Crippen molar-refractivity contribution in [2.45, 2.75) is 50.2 Å². The molecule has 0 radical (unpaired) electrons. The maximum absolute atomic E-state index is 14.4. The molecule has 0 aliphatic carbocycles. The lowest BCUT2D eigenvalue weighted by Gasteiger charge is -2.29. The van der Waals surface area contributed by atoms with E-state index in [0.717, 1.165) is 0 Å². The highest BCUT2D eigenvalue weighted by Gasteiger charge is 2.39. The Bertz CT molecular complexity index is 889. The minimum Gasteiger partial charge on any atom is -0.322 e. The van der Waals surface area contributed by atoms with Crippen molar-refractivity contribution in [3.63, 3.8) is 0 Å². The van der Waals surface area contributed by atoms with Crippen molar-refractivity contribution in [1.29, 1.82) is 0 Å². The standard InChI is InChI=1S/C16H18FN3O4S/c1-9(2)19-25(17,24)11-4-3-10-8-20(16(23)12(10)7-11)13-5-6-14(21)18-15(13)22/h3-4,7,9,13H,5-6,8H2,1-2H3,(H,18,21,22). The summed E-state index contributed by atoms with van der Waals surface area (Å²) < 4.78 is 30.1. The van der Waals surface area contributed by atoms with Gasteiger partial charge in [-0.25, -0.2) is 8.57 Å². The van der Waals surface area contributed by atoms with E-state index in [-0.39, 0.29) is 35.8 Å². The number of benzene rings is 1. The molecule has 0 saturated carbocycles. The molecule has 2 heterocycles. The number of nitrogens with one attached hydrogen (secondary N) is 1. The number of piperidine rings is 1. The summed E-state index contributed by atoms with van der Waals surface area (Å²) in [6, 6.07) is 2.94. The van der Waals surface area contributed by atoms with Crippen molar-refractivity contribution in [3.05, 3.63) is 29.3 Å². The fourth-order valence-electron chi connectivity index (χ4n) is 3.02. The minimum absolute atomic E-state index is 0.154. The van der Waals surface area contributed by atoms with E-state index in [0.29, 0.717) is 5.56 Å². The molecular formula is C16H18FN3O4S. The molecule has 1 saturated heterocycles. The molecule has 0 spiro atoms. The van der Waals surface area contributed by atoms with E-state index in [2.05, 4.69) is 9.68 Å². The third kappa shape index (κ3) is 3.28. The Balaban J connectivity index is 1.92. The summed E-state index contributed by atoms with van der Waals surface area (Å²) in [5, 5.41) is 2.22. The molecule has 134 valence electrons. The van der Waals surface area contributed by atoms with Crippen LogP contribution in [0, 0.1) is 0 Å². The number of carbonyl (C=O) groups is 3. The van der Waals surface area contributed by atoms with Crippen molar-refractivity contribution in [2.24, 2.45) is 4.36 Å². The normalized spacial score (nSPS) is 22.6. The van der Waals surface area contributed by atoms with Crippen LogP contribution in [0.4, 0.5) is 3.89 Å². The van der Waals surface area contributed by atoms with Gasteiger partial charge < -0.3 is 4.90 Å². The molecule has 2 atom stereocenters. The predicted octanol–water partition coefficient (Wildman–Crippen LogP) is 1.57. The van der Waals surface area contributed by atoms with Crippen LogP contribution in [0.3, 0.4) is 0 Å². The highest BCUT2D eigenvalue weighted by atomic mass is 32.3. The number of hydrogen-bond acceptors (Lipinski definition) is 5. The molecule has 2 aliphatic rings. The quantitative estimate of drug-likeness (QED) is 0.648. The molecule has 0 bridgehead atoms. The van der Waals surface area contributed by atoms with Gasteiger partial charge in [-0.15, -0.1) is 3.89 Å². The fourth-order valence-corrected chi connectivity index (χ4v) is 4.19. The van der Waals surface area contributed by atoms with Crippen molar-refractivity contribution in [2.75, 3.05) is 0 Å². The molecule has 1 N–H and O–H groups in total. The first kappa shape index (κ1) is 17.5. The number of nitrogens with zero attached hydrogens (tertiary/aromatic N) is 2. The van der Waals surface area contributed by atoms with Crippen LogP contribution in [0.25, 0.3) is 0 Å². The Morgan fingerprint density at radius 1 is 1.32 bits per heavy atom. The summed E-state index contributed by atoms with van der Waals surface area (Å²) in [6.45, 7) is 3.42. The average Bonchev–Trinajstić information content (AvgIpc) is 2.82.